The molecular formula is C20H29Cl2N3O. The Morgan fingerprint density at radius 1 is 1.12 bits per heavy atom. The summed E-state index contributed by atoms with van der Waals surface area (Å²) in [5, 5.41) is 0. The zero-order chi connectivity index (χ0) is 17.7. The van der Waals surface area contributed by atoms with Crippen LogP contribution in [0.2, 0.25) is 0 Å². The van der Waals surface area contributed by atoms with Gasteiger partial charge in [-0.2, -0.15) is 0 Å². The van der Waals surface area contributed by atoms with E-state index < -0.39 is 0 Å². The standard InChI is InChI=1S/C20H27N3O.2ClH/c1-14(2)18(21)12-13-23(4)20(24)17-10-11-19(22-15(17)3)16-8-6-5-7-9-16;;/h5-11,14,18H,12-13,21H2,1-4H3;2*1H. The number of halogens is 2. The van der Waals surface area contributed by atoms with E-state index >= 15 is 0 Å². The lowest BCUT2D eigenvalue weighted by Crippen LogP contribution is -2.35. The first kappa shape index (κ1) is 24.4. The van der Waals surface area contributed by atoms with Gasteiger partial charge >= 0.3 is 0 Å². The maximum Gasteiger partial charge on any atom is 0.255 e. The van der Waals surface area contributed by atoms with E-state index in [1.807, 2.05) is 56.4 Å². The Morgan fingerprint density at radius 3 is 2.27 bits per heavy atom. The van der Waals surface area contributed by atoms with E-state index in [1.165, 1.54) is 0 Å². The Balaban J connectivity index is 0.00000312. The van der Waals surface area contributed by atoms with Crippen molar-refractivity contribution < 1.29 is 4.79 Å². The largest absolute Gasteiger partial charge is 0.342 e. The minimum atomic E-state index is -0.00410. The van der Waals surface area contributed by atoms with Gasteiger partial charge in [0.25, 0.3) is 5.91 Å². The lowest BCUT2D eigenvalue weighted by atomic mass is 10.0. The van der Waals surface area contributed by atoms with Crippen LogP contribution in [0.5, 0.6) is 0 Å². The minimum Gasteiger partial charge on any atom is -0.342 e. The van der Waals surface area contributed by atoms with Crippen LogP contribution in [0.1, 0.15) is 36.3 Å². The van der Waals surface area contributed by atoms with Crippen LogP contribution >= 0.6 is 24.8 Å². The number of carbonyl (C=O) groups is 1. The average Bonchev–Trinajstić information content (AvgIpc) is 2.59. The van der Waals surface area contributed by atoms with Crippen molar-refractivity contribution in [1.82, 2.24) is 9.88 Å². The molecule has 0 saturated heterocycles. The molecule has 2 rings (SSSR count). The molecule has 1 aromatic heterocycles. The number of nitrogens with zero attached hydrogens (tertiary/aromatic N) is 2. The average molecular weight is 398 g/mol. The van der Waals surface area contributed by atoms with Crippen molar-refractivity contribution in [2.45, 2.75) is 33.2 Å². The van der Waals surface area contributed by atoms with Crippen LogP contribution in [0.25, 0.3) is 11.3 Å². The lowest BCUT2D eigenvalue weighted by molar-refractivity contribution is 0.0788. The topological polar surface area (TPSA) is 59.2 Å². The first-order valence-electron chi connectivity index (χ1n) is 8.44. The van der Waals surface area contributed by atoms with E-state index in [1.54, 1.807) is 4.90 Å². The van der Waals surface area contributed by atoms with Crippen molar-refractivity contribution in [2.75, 3.05) is 13.6 Å². The lowest BCUT2D eigenvalue weighted by Gasteiger charge is -2.22. The molecule has 0 aliphatic heterocycles. The van der Waals surface area contributed by atoms with Gasteiger partial charge in [0, 0.05) is 25.2 Å². The van der Waals surface area contributed by atoms with E-state index in [0.717, 1.165) is 23.4 Å². The summed E-state index contributed by atoms with van der Waals surface area (Å²) in [6.07, 6.45) is 0.800. The second-order valence-corrected chi connectivity index (χ2v) is 6.62. The third-order valence-electron chi connectivity index (χ3n) is 4.39. The van der Waals surface area contributed by atoms with Crippen molar-refractivity contribution in [3.8, 4) is 11.3 Å². The summed E-state index contributed by atoms with van der Waals surface area (Å²) in [7, 11) is 1.82. The Hall–Kier alpha value is -1.62. The number of pyridine rings is 1. The molecule has 0 fully saturated rings. The molecule has 4 nitrogen and oxygen atoms in total. The molecule has 2 aromatic rings. The first-order valence-corrected chi connectivity index (χ1v) is 8.44. The van der Waals surface area contributed by atoms with Gasteiger partial charge in [0.1, 0.15) is 0 Å². The third kappa shape index (κ3) is 6.27. The fraction of sp³-hybridized carbons (Fsp3) is 0.400. The summed E-state index contributed by atoms with van der Waals surface area (Å²) in [4.78, 5) is 19.0. The molecule has 1 atom stereocenters. The Morgan fingerprint density at radius 2 is 1.73 bits per heavy atom. The zero-order valence-electron chi connectivity index (χ0n) is 15.8. The van der Waals surface area contributed by atoms with Gasteiger partial charge in [-0.3, -0.25) is 9.78 Å². The summed E-state index contributed by atoms with van der Waals surface area (Å²) in [6.45, 7) is 6.73. The van der Waals surface area contributed by atoms with E-state index in [4.69, 9.17) is 5.73 Å². The molecule has 2 N–H and O–H groups in total. The van der Waals surface area contributed by atoms with Crippen LogP contribution in [0.4, 0.5) is 0 Å². The summed E-state index contributed by atoms with van der Waals surface area (Å²) >= 11 is 0. The molecule has 0 saturated carbocycles. The molecule has 0 spiro atoms. The van der Waals surface area contributed by atoms with Gasteiger partial charge in [-0.05, 0) is 31.4 Å². The van der Waals surface area contributed by atoms with Crippen molar-refractivity contribution in [3.05, 3.63) is 53.7 Å². The SMILES string of the molecule is Cc1nc(-c2ccccc2)ccc1C(=O)N(C)CCC(N)C(C)C.Cl.Cl. The monoisotopic (exact) mass is 397 g/mol. The third-order valence-corrected chi connectivity index (χ3v) is 4.39. The molecule has 6 heteroatoms. The van der Waals surface area contributed by atoms with Gasteiger partial charge in [-0.25, -0.2) is 0 Å². The van der Waals surface area contributed by atoms with E-state index in [0.29, 0.717) is 18.0 Å². The van der Waals surface area contributed by atoms with Gasteiger partial charge in [0.2, 0.25) is 0 Å². The summed E-state index contributed by atoms with van der Waals surface area (Å²) in [5.41, 5.74) is 9.40. The normalized spacial score (nSPS) is 11.3. The predicted octanol–water partition coefficient (Wildman–Crippen LogP) is 4.35. The number of aromatic nitrogens is 1. The summed E-state index contributed by atoms with van der Waals surface area (Å²) in [6, 6.07) is 13.9. The van der Waals surface area contributed by atoms with Gasteiger partial charge < -0.3 is 10.6 Å². The predicted molar refractivity (Wildman–Crippen MR) is 113 cm³/mol. The number of amides is 1. The molecule has 1 amide bonds. The molecule has 0 aliphatic carbocycles. The van der Waals surface area contributed by atoms with E-state index in [-0.39, 0.29) is 36.8 Å². The highest BCUT2D eigenvalue weighted by Gasteiger charge is 2.17. The van der Waals surface area contributed by atoms with Crippen molar-refractivity contribution in [1.29, 1.82) is 0 Å². The number of carbonyl (C=O) groups excluding carboxylic acids is 1. The van der Waals surface area contributed by atoms with Crippen LogP contribution in [0.3, 0.4) is 0 Å². The highest BCUT2D eigenvalue weighted by molar-refractivity contribution is 5.95. The van der Waals surface area contributed by atoms with Crippen molar-refractivity contribution in [2.24, 2.45) is 11.7 Å². The number of benzene rings is 1. The molecule has 1 aromatic carbocycles. The highest BCUT2D eigenvalue weighted by Crippen LogP contribution is 2.19. The van der Waals surface area contributed by atoms with Crippen LogP contribution in [-0.4, -0.2) is 35.4 Å². The van der Waals surface area contributed by atoms with E-state index in [2.05, 4.69) is 18.8 Å². The fourth-order valence-electron chi connectivity index (χ4n) is 2.54. The fourth-order valence-corrected chi connectivity index (χ4v) is 2.54. The molecule has 0 radical (unpaired) electrons. The summed E-state index contributed by atoms with van der Waals surface area (Å²) in [5.74, 6) is 0.414. The van der Waals surface area contributed by atoms with Gasteiger partial charge in [-0.1, -0.05) is 44.2 Å². The van der Waals surface area contributed by atoms with Crippen molar-refractivity contribution in [3.63, 3.8) is 0 Å². The number of hydrogen-bond donors (Lipinski definition) is 1. The molecule has 1 heterocycles. The zero-order valence-corrected chi connectivity index (χ0v) is 17.4. The molecule has 0 aliphatic rings. The van der Waals surface area contributed by atoms with Gasteiger partial charge in [0.05, 0.1) is 17.0 Å². The smallest absolute Gasteiger partial charge is 0.255 e. The first-order chi connectivity index (χ1) is 11.4. The second-order valence-electron chi connectivity index (χ2n) is 6.62. The Kier molecular flexibility index (Phi) is 10.5. The molecule has 0 bridgehead atoms. The Labute approximate surface area is 169 Å². The van der Waals surface area contributed by atoms with Crippen LogP contribution in [-0.2, 0) is 0 Å². The van der Waals surface area contributed by atoms with Crippen LogP contribution in [0.15, 0.2) is 42.5 Å². The Bertz CT molecular complexity index is 693. The number of hydrogen-bond acceptors (Lipinski definition) is 3. The second kappa shape index (κ2) is 11.2. The molecule has 1 unspecified atom stereocenters. The van der Waals surface area contributed by atoms with E-state index in [9.17, 15) is 4.79 Å². The highest BCUT2D eigenvalue weighted by atomic mass is 35.5. The molecular weight excluding hydrogens is 369 g/mol. The quantitative estimate of drug-likeness (QED) is 0.787. The number of aryl methyl sites for hydroxylation is 1. The maximum absolute atomic E-state index is 12.6. The van der Waals surface area contributed by atoms with Gasteiger partial charge in [0.15, 0.2) is 0 Å². The van der Waals surface area contributed by atoms with Crippen LogP contribution in [0, 0.1) is 12.8 Å². The minimum absolute atomic E-state index is 0. The van der Waals surface area contributed by atoms with Crippen LogP contribution < -0.4 is 5.73 Å². The maximum atomic E-state index is 12.6. The van der Waals surface area contributed by atoms with Gasteiger partial charge in [-0.15, -0.1) is 24.8 Å². The number of nitrogens with two attached hydrogens (primary N) is 1. The number of rotatable bonds is 6. The molecule has 26 heavy (non-hydrogen) atoms. The van der Waals surface area contributed by atoms with Crippen molar-refractivity contribution >= 4 is 30.7 Å². The summed E-state index contributed by atoms with van der Waals surface area (Å²) < 4.78 is 0. The molecule has 144 valence electrons.